The van der Waals surface area contributed by atoms with E-state index in [0.29, 0.717) is 18.2 Å². The van der Waals surface area contributed by atoms with Crippen LogP contribution < -0.4 is 5.32 Å². The lowest BCUT2D eigenvalue weighted by Gasteiger charge is -2.37. The van der Waals surface area contributed by atoms with Gasteiger partial charge in [-0.05, 0) is 27.3 Å². The molecular formula is C11H24N2O2. The Hall–Kier alpha value is -0.160. The first-order chi connectivity index (χ1) is 7.15. The Labute approximate surface area is 92.6 Å². The summed E-state index contributed by atoms with van der Waals surface area (Å²) in [5.41, 5.74) is 0. The van der Waals surface area contributed by atoms with Gasteiger partial charge >= 0.3 is 0 Å². The fourth-order valence-corrected chi connectivity index (χ4v) is 2.23. The standard InChI is InChI=1S/C11H24N2O2/c1-9-6-13(7-10(2)15-9)8-11(12-3)4-5-14/h9-12,14H,4-8H2,1-3H3/t9-,10+,11?. The van der Waals surface area contributed by atoms with E-state index in [4.69, 9.17) is 9.84 Å². The number of hydrogen-bond donors (Lipinski definition) is 2. The zero-order valence-corrected chi connectivity index (χ0v) is 10.1. The lowest BCUT2D eigenvalue weighted by molar-refractivity contribution is -0.0700. The van der Waals surface area contributed by atoms with Gasteiger partial charge in [0.25, 0.3) is 0 Å². The Kier molecular flexibility index (Phi) is 5.53. The third kappa shape index (κ3) is 4.47. The molecule has 1 fully saturated rings. The number of rotatable bonds is 5. The van der Waals surface area contributed by atoms with Crippen LogP contribution in [-0.2, 0) is 4.74 Å². The number of aliphatic hydroxyl groups excluding tert-OH is 1. The van der Waals surface area contributed by atoms with E-state index in [2.05, 4.69) is 24.1 Å². The van der Waals surface area contributed by atoms with Gasteiger partial charge in [0.15, 0.2) is 0 Å². The van der Waals surface area contributed by atoms with Crippen molar-refractivity contribution in [3.63, 3.8) is 0 Å². The van der Waals surface area contributed by atoms with Crippen molar-refractivity contribution in [2.75, 3.05) is 33.3 Å². The fraction of sp³-hybridized carbons (Fsp3) is 1.00. The molecule has 2 N–H and O–H groups in total. The van der Waals surface area contributed by atoms with Crippen LogP contribution in [0.15, 0.2) is 0 Å². The Bertz CT molecular complexity index is 168. The highest BCUT2D eigenvalue weighted by Crippen LogP contribution is 2.11. The highest BCUT2D eigenvalue weighted by molar-refractivity contribution is 4.77. The number of aliphatic hydroxyl groups is 1. The Morgan fingerprint density at radius 2 is 2.00 bits per heavy atom. The number of nitrogens with one attached hydrogen (secondary N) is 1. The van der Waals surface area contributed by atoms with Crippen LogP contribution in [0.3, 0.4) is 0 Å². The van der Waals surface area contributed by atoms with Gasteiger partial charge in [0.1, 0.15) is 0 Å². The molecule has 0 aliphatic carbocycles. The highest BCUT2D eigenvalue weighted by atomic mass is 16.5. The van der Waals surface area contributed by atoms with Gasteiger partial charge in [-0.1, -0.05) is 0 Å². The zero-order chi connectivity index (χ0) is 11.3. The molecule has 1 saturated heterocycles. The zero-order valence-electron chi connectivity index (χ0n) is 10.1. The van der Waals surface area contributed by atoms with Crippen molar-refractivity contribution in [2.24, 2.45) is 0 Å². The minimum atomic E-state index is 0.251. The SMILES string of the molecule is CNC(CCO)CN1C[C@@H](C)O[C@@H](C)C1. The third-order valence-corrected chi connectivity index (χ3v) is 2.86. The number of hydrogen-bond acceptors (Lipinski definition) is 4. The number of ether oxygens (including phenoxy) is 1. The number of nitrogens with zero attached hydrogens (tertiary/aromatic N) is 1. The van der Waals surface area contributed by atoms with Crippen molar-refractivity contribution in [2.45, 2.75) is 38.5 Å². The first-order valence-corrected chi connectivity index (χ1v) is 5.81. The van der Waals surface area contributed by atoms with Crippen LogP contribution in [0.5, 0.6) is 0 Å². The van der Waals surface area contributed by atoms with Crippen LogP contribution in [0.4, 0.5) is 0 Å². The quantitative estimate of drug-likeness (QED) is 0.682. The molecule has 0 bridgehead atoms. The summed E-state index contributed by atoms with van der Waals surface area (Å²) in [5.74, 6) is 0. The van der Waals surface area contributed by atoms with E-state index in [-0.39, 0.29) is 6.61 Å². The predicted molar refractivity (Wildman–Crippen MR) is 61.0 cm³/mol. The molecule has 4 nitrogen and oxygen atoms in total. The van der Waals surface area contributed by atoms with Crippen LogP contribution in [0.25, 0.3) is 0 Å². The van der Waals surface area contributed by atoms with E-state index in [0.717, 1.165) is 26.1 Å². The van der Waals surface area contributed by atoms with E-state index in [1.54, 1.807) is 0 Å². The molecule has 1 aliphatic rings. The summed E-state index contributed by atoms with van der Waals surface area (Å²) in [6.07, 6.45) is 1.46. The normalized spacial score (nSPS) is 30.4. The van der Waals surface area contributed by atoms with Gasteiger partial charge in [0, 0.05) is 32.3 Å². The lowest BCUT2D eigenvalue weighted by atomic mass is 10.1. The van der Waals surface area contributed by atoms with Gasteiger partial charge in [-0.3, -0.25) is 4.90 Å². The van der Waals surface area contributed by atoms with E-state index in [1.807, 2.05) is 7.05 Å². The summed E-state index contributed by atoms with van der Waals surface area (Å²) in [5, 5.41) is 12.2. The summed E-state index contributed by atoms with van der Waals surface area (Å²) in [6.45, 7) is 7.46. The molecule has 0 aromatic carbocycles. The van der Waals surface area contributed by atoms with Gasteiger partial charge in [-0.2, -0.15) is 0 Å². The summed E-state index contributed by atoms with van der Waals surface area (Å²) in [4.78, 5) is 2.41. The molecule has 0 amide bonds. The summed E-state index contributed by atoms with van der Waals surface area (Å²) in [7, 11) is 1.95. The molecule has 1 unspecified atom stereocenters. The maximum atomic E-state index is 8.92. The molecule has 90 valence electrons. The van der Waals surface area contributed by atoms with Crippen molar-refractivity contribution >= 4 is 0 Å². The second-order valence-corrected chi connectivity index (χ2v) is 4.47. The summed E-state index contributed by atoms with van der Waals surface area (Å²) < 4.78 is 5.68. The van der Waals surface area contributed by atoms with E-state index in [9.17, 15) is 0 Å². The molecule has 0 aromatic heterocycles. The third-order valence-electron chi connectivity index (χ3n) is 2.86. The average Bonchev–Trinajstić information content (AvgIpc) is 2.15. The molecule has 1 aliphatic heterocycles. The van der Waals surface area contributed by atoms with Crippen molar-refractivity contribution in [1.29, 1.82) is 0 Å². The Morgan fingerprint density at radius 3 is 2.47 bits per heavy atom. The average molecular weight is 216 g/mol. The van der Waals surface area contributed by atoms with Crippen LogP contribution >= 0.6 is 0 Å². The van der Waals surface area contributed by atoms with Crippen molar-refractivity contribution in [3.05, 3.63) is 0 Å². The van der Waals surface area contributed by atoms with Gasteiger partial charge in [-0.25, -0.2) is 0 Å². The van der Waals surface area contributed by atoms with Crippen LogP contribution in [0.1, 0.15) is 20.3 Å². The van der Waals surface area contributed by atoms with Crippen molar-refractivity contribution in [3.8, 4) is 0 Å². The second kappa shape index (κ2) is 6.43. The Morgan fingerprint density at radius 1 is 1.40 bits per heavy atom. The minimum Gasteiger partial charge on any atom is -0.396 e. The van der Waals surface area contributed by atoms with Crippen LogP contribution in [0, 0.1) is 0 Å². The molecule has 15 heavy (non-hydrogen) atoms. The number of morpholine rings is 1. The molecule has 3 atom stereocenters. The molecule has 4 heteroatoms. The van der Waals surface area contributed by atoms with E-state index < -0.39 is 0 Å². The predicted octanol–water partition coefficient (Wildman–Crippen LogP) is 0.0660. The second-order valence-electron chi connectivity index (χ2n) is 4.47. The lowest BCUT2D eigenvalue weighted by Crippen LogP contribution is -2.50. The molecule has 1 rings (SSSR count). The van der Waals surface area contributed by atoms with E-state index in [1.165, 1.54) is 0 Å². The van der Waals surface area contributed by atoms with Gasteiger partial charge in [-0.15, -0.1) is 0 Å². The fourth-order valence-electron chi connectivity index (χ4n) is 2.23. The molecule has 0 radical (unpaired) electrons. The summed E-state index contributed by atoms with van der Waals surface area (Å²) in [6, 6.07) is 0.382. The van der Waals surface area contributed by atoms with Crippen molar-refractivity contribution < 1.29 is 9.84 Å². The Balaban J connectivity index is 2.35. The monoisotopic (exact) mass is 216 g/mol. The first kappa shape index (κ1) is 12.9. The topological polar surface area (TPSA) is 44.7 Å². The maximum absolute atomic E-state index is 8.92. The molecule has 1 heterocycles. The van der Waals surface area contributed by atoms with Gasteiger partial charge in [0.2, 0.25) is 0 Å². The van der Waals surface area contributed by atoms with E-state index >= 15 is 0 Å². The highest BCUT2D eigenvalue weighted by Gasteiger charge is 2.23. The van der Waals surface area contributed by atoms with Gasteiger partial charge in [0.05, 0.1) is 12.2 Å². The smallest absolute Gasteiger partial charge is 0.0678 e. The molecule has 0 aromatic rings. The van der Waals surface area contributed by atoms with Crippen LogP contribution in [-0.4, -0.2) is 61.5 Å². The number of likely N-dealkylation sites (N-methyl/N-ethyl adjacent to an activating group) is 1. The van der Waals surface area contributed by atoms with Gasteiger partial charge < -0.3 is 15.2 Å². The van der Waals surface area contributed by atoms with Crippen LogP contribution in [0.2, 0.25) is 0 Å². The molecular weight excluding hydrogens is 192 g/mol. The minimum absolute atomic E-state index is 0.251. The van der Waals surface area contributed by atoms with Crippen molar-refractivity contribution in [1.82, 2.24) is 10.2 Å². The first-order valence-electron chi connectivity index (χ1n) is 5.81. The molecule has 0 saturated carbocycles. The summed E-state index contributed by atoms with van der Waals surface area (Å²) >= 11 is 0. The maximum Gasteiger partial charge on any atom is 0.0678 e. The largest absolute Gasteiger partial charge is 0.396 e. The molecule has 0 spiro atoms.